The Bertz CT molecular complexity index is 628. The van der Waals surface area contributed by atoms with Gasteiger partial charge in [-0.3, -0.25) is 9.78 Å². The Balaban J connectivity index is 2.59. The summed E-state index contributed by atoms with van der Waals surface area (Å²) in [5.41, 5.74) is 7.26. The van der Waals surface area contributed by atoms with Crippen molar-refractivity contribution in [3.05, 3.63) is 33.9 Å². The normalized spacial score (nSPS) is 10.6. The quantitative estimate of drug-likeness (QED) is 0.910. The number of aryl methyl sites for hydroxylation is 1. The molecule has 1 heterocycles. The molecule has 0 aliphatic rings. The predicted molar refractivity (Wildman–Crippen MR) is 74.2 cm³/mol. The third kappa shape index (κ3) is 2.49. The van der Waals surface area contributed by atoms with Crippen molar-refractivity contribution in [1.82, 2.24) is 4.98 Å². The Morgan fingerprint density at radius 1 is 1.44 bits per heavy atom. The Kier molecular flexibility index (Phi) is 3.59. The second-order valence-corrected chi connectivity index (χ2v) is 4.67. The van der Waals surface area contributed by atoms with E-state index >= 15 is 0 Å². The van der Waals surface area contributed by atoms with E-state index in [9.17, 15) is 4.79 Å². The van der Waals surface area contributed by atoms with Gasteiger partial charge in [-0.25, -0.2) is 0 Å². The lowest BCUT2D eigenvalue weighted by atomic mass is 10.1. The highest BCUT2D eigenvalue weighted by atomic mass is 35.5. The predicted octanol–water partition coefficient (Wildman–Crippen LogP) is 2.75. The smallest absolute Gasteiger partial charge is 0.236 e. The van der Waals surface area contributed by atoms with Crippen LogP contribution in [0.25, 0.3) is 10.9 Å². The van der Waals surface area contributed by atoms with Crippen LogP contribution in [0.1, 0.15) is 5.69 Å². The van der Waals surface area contributed by atoms with Crippen LogP contribution in [-0.2, 0) is 4.79 Å². The zero-order chi connectivity index (χ0) is 13.3. The minimum atomic E-state index is -0.433. The molecule has 0 aliphatic heterocycles. The van der Waals surface area contributed by atoms with Gasteiger partial charge in [0.05, 0.1) is 22.1 Å². The number of aromatic nitrogens is 1. The number of nitrogens with two attached hydrogens (primary N) is 1. The van der Waals surface area contributed by atoms with E-state index in [4.69, 9.17) is 28.9 Å². The summed E-state index contributed by atoms with van der Waals surface area (Å²) in [6.07, 6.45) is 0. The molecule has 18 heavy (non-hydrogen) atoms. The summed E-state index contributed by atoms with van der Waals surface area (Å²) in [6, 6.07) is 5.33. The molecule has 1 aromatic carbocycles. The average Bonchev–Trinajstić information content (AvgIpc) is 2.31. The fourth-order valence-electron chi connectivity index (χ4n) is 1.69. The monoisotopic (exact) mass is 283 g/mol. The van der Waals surface area contributed by atoms with Crippen LogP contribution in [0, 0.1) is 6.92 Å². The van der Waals surface area contributed by atoms with Gasteiger partial charge >= 0.3 is 0 Å². The number of nitrogens with one attached hydrogen (secondary N) is 1. The van der Waals surface area contributed by atoms with Crippen molar-refractivity contribution in [1.29, 1.82) is 0 Å². The number of fused-ring (bicyclic) bond motifs is 1. The molecule has 6 heteroatoms. The molecule has 94 valence electrons. The molecule has 0 atom stereocenters. The lowest BCUT2D eigenvalue weighted by molar-refractivity contribution is -0.116. The Morgan fingerprint density at radius 3 is 2.83 bits per heavy atom. The van der Waals surface area contributed by atoms with Crippen LogP contribution in [0.4, 0.5) is 5.69 Å². The average molecular weight is 284 g/mol. The molecule has 2 rings (SSSR count). The summed E-state index contributed by atoms with van der Waals surface area (Å²) in [4.78, 5) is 15.2. The molecule has 0 aliphatic carbocycles. The zero-order valence-corrected chi connectivity index (χ0v) is 11.1. The number of pyridine rings is 1. The molecule has 0 unspecified atom stereocenters. The molecule has 0 spiro atoms. The van der Waals surface area contributed by atoms with Gasteiger partial charge in [0.25, 0.3) is 0 Å². The molecule has 0 saturated heterocycles. The van der Waals surface area contributed by atoms with E-state index in [0.29, 0.717) is 15.6 Å². The number of carbonyl (C=O) groups excluding carboxylic acids is 1. The third-order valence-corrected chi connectivity index (χ3v) is 3.25. The minimum absolute atomic E-state index is 0.0544. The van der Waals surface area contributed by atoms with Crippen LogP contribution >= 0.6 is 23.2 Å². The van der Waals surface area contributed by atoms with Crippen molar-refractivity contribution in [2.75, 3.05) is 11.9 Å². The van der Waals surface area contributed by atoms with E-state index < -0.39 is 5.91 Å². The van der Waals surface area contributed by atoms with Crippen LogP contribution in [0.3, 0.4) is 0 Å². The zero-order valence-electron chi connectivity index (χ0n) is 9.63. The molecule has 2 aromatic rings. The molecular formula is C12H11Cl2N3O. The first-order valence-electron chi connectivity index (χ1n) is 5.26. The second kappa shape index (κ2) is 5.00. The van der Waals surface area contributed by atoms with Crippen molar-refractivity contribution in [2.24, 2.45) is 5.73 Å². The fourth-order valence-corrected chi connectivity index (χ4v) is 2.05. The number of hydrogen-bond donors (Lipinski definition) is 2. The summed E-state index contributed by atoms with van der Waals surface area (Å²) in [7, 11) is 0. The number of hydrogen-bond acceptors (Lipinski definition) is 3. The number of carbonyl (C=O) groups is 1. The molecule has 0 radical (unpaired) electrons. The van der Waals surface area contributed by atoms with Gasteiger partial charge in [-0.1, -0.05) is 23.2 Å². The highest BCUT2D eigenvalue weighted by Crippen LogP contribution is 2.33. The molecule has 1 aromatic heterocycles. The number of anilines is 1. The molecule has 0 saturated carbocycles. The first-order chi connectivity index (χ1) is 8.49. The number of rotatable bonds is 3. The van der Waals surface area contributed by atoms with Gasteiger partial charge in [0, 0.05) is 16.8 Å². The fraction of sp³-hybridized carbons (Fsp3) is 0.167. The van der Waals surface area contributed by atoms with Crippen LogP contribution in [0.15, 0.2) is 18.2 Å². The lowest BCUT2D eigenvalue weighted by Crippen LogP contribution is -2.22. The van der Waals surface area contributed by atoms with E-state index in [1.54, 1.807) is 12.1 Å². The van der Waals surface area contributed by atoms with Gasteiger partial charge in [-0.15, -0.1) is 0 Å². The molecule has 3 N–H and O–H groups in total. The maximum absolute atomic E-state index is 10.8. The molecule has 0 fully saturated rings. The first kappa shape index (κ1) is 12.9. The second-order valence-electron chi connectivity index (χ2n) is 3.89. The number of nitrogens with zero attached hydrogens (tertiary/aromatic N) is 1. The van der Waals surface area contributed by atoms with Gasteiger partial charge in [-0.05, 0) is 25.1 Å². The summed E-state index contributed by atoms with van der Waals surface area (Å²) >= 11 is 12.1. The van der Waals surface area contributed by atoms with Crippen LogP contribution < -0.4 is 11.1 Å². The topological polar surface area (TPSA) is 68.0 Å². The van der Waals surface area contributed by atoms with Gasteiger partial charge in [0.1, 0.15) is 0 Å². The van der Waals surface area contributed by atoms with Gasteiger partial charge < -0.3 is 11.1 Å². The highest BCUT2D eigenvalue weighted by Gasteiger charge is 2.10. The molecule has 4 nitrogen and oxygen atoms in total. The van der Waals surface area contributed by atoms with Crippen molar-refractivity contribution < 1.29 is 4.79 Å². The standard InChI is InChI=1S/C12H11Cl2N3O/c1-6-4-9(16-5-10(15)18)7-2-3-8(13)11(14)12(7)17-6/h2-4H,5H2,1H3,(H2,15,18)(H,16,17). The summed E-state index contributed by atoms with van der Waals surface area (Å²) in [5.74, 6) is -0.433. The van der Waals surface area contributed by atoms with Gasteiger partial charge in [-0.2, -0.15) is 0 Å². The number of primary amides is 1. The van der Waals surface area contributed by atoms with E-state index in [1.165, 1.54) is 0 Å². The molecule has 1 amide bonds. The van der Waals surface area contributed by atoms with E-state index in [1.807, 2.05) is 13.0 Å². The lowest BCUT2D eigenvalue weighted by Gasteiger charge is -2.10. The van der Waals surface area contributed by atoms with Gasteiger partial charge in [0.15, 0.2) is 0 Å². The van der Waals surface area contributed by atoms with Crippen molar-refractivity contribution in [2.45, 2.75) is 6.92 Å². The highest BCUT2D eigenvalue weighted by molar-refractivity contribution is 6.45. The first-order valence-corrected chi connectivity index (χ1v) is 6.02. The van der Waals surface area contributed by atoms with E-state index in [0.717, 1.165) is 16.8 Å². The molecule has 0 bridgehead atoms. The number of benzene rings is 1. The Labute approximate surface area is 114 Å². The van der Waals surface area contributed by atoms with Crippen molar-refractivity contribution in [3.63, 3.8) is 0 Å². The summed E-state index contributed by atoms with van der Waals surface area (Å²) < 4.78 is 0. The number of halogens is 2. The SMILES string of the molecule is Cc1cc(NCC(N)=O)c2ccc(Cl)c(Cl)c2n1. The van der Waals surface area contributed by atoms with Crippen molar-refractivity contribution in [3.8, 4) is 0 Å². The van der Waals surface area contributed by atoms with E-state index in [-0.39, 0.29) is 6.54 Å². The Morgan fingerprint density at radius 2 is 2.17 bits per heavy atom. The van der Waals surface area contributed by atoms with E-state index in [2.05, 4.69) is 10.3 Å². The Hall–Kier alpha value is -1.52. The third-order valence-electron chi connectivity index (χ3n) is 2.45. The molecular weight excluding hydrogens is 273 g/mol. The van der Waals surface area contributed by atoms with Gasteiger partial charge in [0.2, 0.25) is 5.91 Å². The van der Waals surface area contributed by atoms with Crippen LogP contribution in [-0.4, -0.2) is 17.4 Å². The number of amides is 1. The summed E-state index contributed by atoms with van der Waals surface area (Å²) in [6.45, 7) is 1.89. The van der Waals surface area contributed by atoms with Crippen molar-refractivity contribution >= 4 is 45.7 Å². The summed E-state index contributed by atoms with van der Waals surface area (Å²) in [5, 5.41) is 4.61. The maximum Gasteiger partial charge on any atom is 0.236 e. The van der Waals surface area contributed by atoms with Crippen LogP contribution in [0.2, 0.25) is 10.0 Å². The largest absolute Gasteiger partial charge is 0.376 e. The minimum Gasteiger partial charge on any atom is -0.376 e. The van der Waals surface area contributed by atoms with Crippen LogP contribution in [0.5, 0.6) is 0 Å². The maximum atomic E-state index is 10.8.